The predicted octanol–water partition coefficient (Wildman–Crippen LogP) is 4.16. The van der Waals surface area contributed by atoms with Gasteiger partial charge in [-0.3, -0.25) is 4.79 Å². The number of carbonyl (C=O) groups is 2. The Morgan fingerprint density at radius 2 is 2.15 bits per heavy atom. The number of ether oxygens (including phenoxy) is 2. The largest absolute Gasteiger partial charge is 0.491 e. The molecule has 0 unspecified atom stereocenters. The number of nitrogens with one attached hydrogen (secondary N) is 1. The van der Waals surface area contributed by atoms with Crippen molar-refractivity contribution < 1.29 is 19.1 Å². The topological polar surface area (TPSA) is 71.1 Å². The molecule has 7 nitrogen and oxygen atoms in total. The summed E-state index contributed by atoms with van der Waals surface area (Å²) in [5.41, 5.74) is 2.22. The third-order valence-electron chi connectivity index (χ3n) is 6.49. The van der Waals surface area contributed by atoms with E-state index in [9.17, 15) is 9.59 Å². The molecule has 1 N–H and O–H groups in total. The molecule has 1 fully saturated rings. The Labute approximate surface area is 206 Å². The number of benzene rings is 1. The first-order valence-corrected chi connectivity index (χ1v) is 13.1. The highest BCUT2D eigenvalue weighted by molar-refractivity contribution is 7.10. The third kappa shape index (κ3) is 5.91. The number of hydrogen-bond acceptors (Lipinski definition) is 5. The monoisotopic (exact) mass is 485 g/mol. The van der Waals surface area contributed by atoms with E-state index in [2.05, 4.69) is 16.8 Å². The second kappa shape index (κ2) is 11.7. The number of nitrogens with zero attached hydrogens (tertiary/aromatic N) is 2. The Morgan fingerprint density at radius 3 is 2.91 bits per heavy atom. The standard InChI is InChI=1S/C26H35N3O4S/c1-3-12-27-26(31)28(16-20-8-6-14-32-20)17-25(30)29-13-10-24-21(11-15-34-24)22(29)18-33-23-9-5-4-7-19(23)2/h4-5,7,9,11,15,20,22H,3,6,8,10,12-14,16-18H2,1-2H3,(H,27,31)/t20-,22+/m0/s1. The molecule has 2 aromatic rings. The normalized spacial score (nSPS) is 19.5. The fourth-order valence-corrected chi connectivity index (χ4v) is 5.54. The Bertz CT molecular complexity index is 972. The van der Waals surface area contributed by atoms with Crippen molar-refractivity contribution in [3.8, 4) is 5.75 Å². The maximum atomic E-state index is 13.6. The molecule has 184 valence electrons. The van der Waals surface area contributed by atoms with Crippen LogP contribution in [0.2, 0.25) is 0 Å². The van der Waals surface area contributed by atoms with E-state index in [4.69, 9.17) is 9.47 Å². The predicted molar refractivity (Wildman–Crippen MR) is 133 cm³/mol. The number of hydrogen-bond donors (Lipinski definition) is 1. The van der Waals surface area contributed by atoms with E-state index in [1.807, 2.05) is 43.0 Å². The molecular formula is C26H35N3O4S. The fourth-order valence-electron chi connectivity index (χ4n) is 4.61. The highest BCUT2D eigenvalue weighted by atomic mass is 32.1. The van der Waals surface area contributed by atoms with Crippen LogP contribution >= 0.6 is 11.3 Å². The summed E-state index contributed by atoms with van der Waals surface area (Å²) < 4.78 is 11.9. The second-order valence-electron chi connectivity index (χ2n) is 8.98. The van der Waals surface area contributed by atoms with Crippen molar-refractivity contribution in [2.45, 2.75) is 51.7 Å². The molecule has 1 aromatic carbocycles. The van der Waals surface area contributed by atoms with Crippen LogP contribution in [0.25, 0.3) is 0 Å². The van der Waals surface area contributed by atoms with Crippen LogP contribution < -0.4 is 10.1 Å². The van der Waals surface area contributed by atoms with Crippen molar-refractivity contribution in [1.82, 2.24) is 15.1 Å². The zero-order chi connectivity index (χ0) is 23.9. The lowest BCUT2D eigenvalue weighted by atomic mass is 10.0. The lowest BCUT2D eigenvalue weighted by Gasteiger charge is -2.37. The van der Waals surface area contributed by atoms with Crippen molar-refractivity contribution in [3.63, 3.8) is 0 Å². The molecule has 0 radical (unpaired) electrons. The number of carbonyl (C=O) groups excluding carboxylic acids is 2. The molecule has 2 aliphatic heterocycles. The van der Waals surface area contributed by atoms with E-state index in [0.717, 1.165) is 42.6 Å². The molecule has 0 aliphatic carbocycles. The van der Waals surface area contributed by atoms with Crippen LogP contribution in [0.4, 0.5) is 4.79 Å². The number of aryl methyl sites for hydroxylation is 1. The van der Waals surface area contributed by atoms with Crippen LogP contribution in [0.1, 0.15) is 48.2 Å². The molecule has 4 rings (SSSR count). The molecular weight excluding hydrogens is 450 g/mol. The number of thiophene rings is 1. The first-order valence-electron chi connectivity index (χ1n) is 12.2. The molecule has 1 aromatic heterocycles. The van der Waals surface area contributed by atoms with Gasteiger partial charge in [0, 0.05) is 31.1 Å². The van der Waals surface area contributed by atoms with E-state index in [1.54, 1.807) is 16.2 Å². The molecule has 2 atom stereocenters. The number of para-hydroxylation sites is 1. The van der Waals surface area contributed by atoms with Gasteiger partial charge in [-0.2, -0.15) is 0 Å². The Morgan fingerprint density at radius 1 is 1.29 bits per heavy atom. The van der Waals surface area contributed by atoms with E-state index in [1.165, 1.54) is 4.88 Å². The maximum Gasteiger partial charge on any atom is 0.317 e. The smallest absolute Gasteiger partial charge is 0.317 e. The second-order valence-corrected chi connectivity index (χ2v) is 9.98. The van der Waals surface area contributed by atoms with Gasteiger partial charge in [-0.25, -0.2) is 4.79 Å². The SMILES string of the molecule is CCCNC(=O)N(CC(=O)N1CCc2sccc2[C@H]1COc1ccccc1C)C[C@@H]1CCCO1. The Balaban J connectivity index is 1.48. The summed E-state index contributed by atoms with van der Waals surface area (Å²) in [5, 5.41) is 5.01. The summed E-state index contributed by atoms with van der Waals surface area (Å²) in [5.74, 6) is 0.774. The van der Waals surface area contributed by atoms with Gasteiger partial charge in [-0.1, -0.05) is 25.1 Å². The molecule has 0 saturated carbocycles. The van der Waals surface area contributed by atoms with Crippen LogP contribution in [-0.4, -0.2) is 67.2 Å². The molecule has 34 heavy (non-hydrogen) atoms. The van der Waals surface area contributed by atoms with Crippen molar-refractivity contribution in [1.29, 1.82) is 0 Å². The summed E-state index contributed by atoms with van der Waals surface area (Å²) in [4.78, 5) is 31.3. The van der Waals surface area contributed by atoms with Crippen molar-refractivity contribution in [2.24, 2.45) is 0 Å². The van der Waals surface area contributed by atoms with Gasteiger partial charge in [0.25, 0.3) is 0 Å². The van der Waals surface area contributed by atoms with Crippen LogP contribution in [0.5, 0.6) is 5.75 Å². The minimum atomic E-state index is -0.202. The average molecular weight is 486 g/mol. The molecule has 0 bridgehead atoms. The van der Waals surface area contributed by atoms with Crippen LogP contribution in [0.15, 0.2) is 35.7 Å². The average Bonchev–Trinajstić information content (AvgIpc) is 3.53. The minimum Gasteiger partial charge on any atom is -0.491 e. The van der Waals surface area contributed by atoms with E-state index in [0.29, 0.717) is 32.8 Å². The van der Waals surface area contributed by atoms with Crippen molar-refractivity contribution in [3.05, 3.63) is 51.7 Å². The van der Waals surface area contributed by atoms with Gasteiger partial charge < -0.3 is 24.6 Å². The zero-order valence-corrected chi connectivity index (χ0v) is 20.9. The zero-order valence-electron chi connectivity index (χ0n) is 20.1. The number of urea groups is 1. The van der Waals surface area contributed by atoms with Gasteiger partial charge in [0.05, 0.1) is 12.1 Å². The lowest BCUT2D eigenvalue weighted by Crippen LogP contribution is -2.51. The summed E-state index contributed by atoms with van der Waals surface area (Å²) in [6, 6.07) is 9.65. The van der Waals surface area contributed by atoms with Crippen LogP contribution in [0.3, 0.4) is 0 Å². The first kappa shape index (κ1) is 24.5. The number of rotatable bonds is 9. The van der Waals surface area contributed by atoms with E-state index in [-0.39, 0.29) is 30.6 Å². The maximum absolute atomic E-state index is 13.6. The molecule has 1 saturated heterocycles. The summed E-state index contributed by atoms with van der Waals surface area (Å²) in [6.45, 7) is 6.82. The van der Waals surface area contributed by atoms with Crippen LogP contribution in [0, 0.1) is 6.92 Å². The Hall–Kier alpha value is -2.58. The van der Waals surface area contributed by atoms with E-state index < -0.39 is 0 Å². The van der Waals surface area contributed by atoms with Gasteiger partial charge in [-0.15, -0.1) is 11.3 Å². The molecule has 3 heterocycles. The Kier molecular flexibility index (Phi) is 8.45. The third-order valence-corrected chi connectivity index (χ3v) is 7.49. The highest BCUT2D eigenvalue weighted by Crippen LogP contribution is 2.34. The van der Waals surface area contributed by atoms with E-state index >= 15 is 0 Å². The molecule has 2 aliphatic rings. The van der Waals surface area contributed by atoms with Gasteiger partial charge in [0.1, 0.15) is 18.9 Å². The van der Waals surface area contributed by atoms with Gasteiger partial charge in [0.15, 0.2) is 0 Å². The minimum absolute atomic E-state index is 0.00908. The summed E-state index contributed by atoms with van der Waals surface area (Å²) in [6.07, 6.45) is 3.58. The fraction of sp³-hybridized carbons (Fsp3) is 0.538. The lowest BCUT2D eigenvalue weighted by molar-refractivity contribution is -0.135. The van der Waals surface area contributed by atoms with Crippen LogP contribution in [-0.2, 0) is 16.0 Å². The first-order chi connectivity index (χ1) is 16.6. The van der Waals surface area contributed by atoms with Crippen molar-refractivity contribution in [2.75, 3.05) is 39.4 Å². The summed E-state index contributed by atoms with van der Waals surface area (Å²) in [7, 11) is 0. The summed E-state index contributed by atoms with van der Waals surface area (Å²) >= 11 is 1.73. The van der Waals surface area contributed by atoms with Gasteiger partial charge in [0.2, 0.25) is 5.91 Å². The number of amides is 3. The quantitative estimate of drug-likeness (QED) is 0.579. The van der Waals surface area contributed by atoms with Crippen molar-refractivity contribution >= 4 is 23.3 Å². The number of fused-ring (bicyclic) bond motifs is 1. The molecule has 0 spiro atoms. The molecule has 3 amide bonds. The van der Waals surface area contributed by atoms with Gasteiger partial charge >= 0.3 is 6.03 Å². The molecule has 8 heteroatoms. The van der Waals surface area contributed by atoms with Gasteiger partial charge in [-0.05, 0) is 61.2 Å². The highest BCUT2D eigenvalue weighted by Gasteiger charge is 2.34.